The van der Waals surface area contributed by atoms with Crippen LogP contribution in [0.15, 0.2) is 54.6 Å². The van der Waals surface area contributed by atoms with Crippen LogP contribution in [0.25, 0.3) is 0 Å². The number of rotatable bonds is 5. The Balaban J connectivity index is 1.71. The number of para-hydroxylation sites is 1. The van der Waals surface area contributed by atoms with Crippen molar-refractivity contribution < 1.29 is 28.0 Å². The molecule has 27 heavy (non-hydrogen) atoms. The number of amides is 2. The number of hydrogen-bond acceptors (Lipinski definition) is 6. The summed E-state index contributed by atoms with van der Waals surface area (Å²) >= 11 is 0. The average Bonchev–Trinajstić information content (AvgIpc) is 2.96. The Morgan fingerprint density at radius 3 is 2.26 bits per heavy atom. The fraction of sp³-hybridized carbons (Fsp3) is 0.176. The fourth-order valence-corrected chi connectivity index (χ4v) is 4.07. The molecule has 1 heterocycles. The molecule has 2 N–H and O–H groups in total. The van der Waals surface area contributed by atoms with Crippen molar-refractivity contribution in [2.45, 2.75) is 0 Å². The van der Waals surface area contributed by atoms with Gasteiger partial charge in [-0.25, -0.2) is 9.79 Å². The van der Waals surface area contributed by atoms with Crippen molar-refractivity contribution >= 4 is 22.0 Å². The smallest absolute Gasteiger partial charge is 0.307 e. The van der Waals surface area contributed by atoms with E-state index < -0.39 is 28.6 Å². The zero-order valence-electron chi connectivity index (χ0n) is 14.1. The van der Waals surface area contributed by atoms with E-state index in [9.17, 15) is 18.0 Å². The Kier molecular flexibility index (Phi) is 5.40. The van der Waals surface area contributed by atoms with Crippen LogP contribution in [0.2, 0.25) is 0 Å². The predicted molar refractivity (Wildman–Crippen MR) is 94.4 cm³/mol. The molecule has 142 valence electrons. The molecule has 0 unspecified atom stereocenters. The molecular weight excluding hydrogens is 374 g/mol. The molecule has 0 radical (unpaired) electrons. The first-order valence-corrected chi connectivity index (χ1v) is 9.39. The van der Waals surface area contributed by atoms with Gasteiger partial charge in [0, 0.05) is 12.1 Å². The third kappa shape index (κ3) is 4.08. The summed E-state index contributed by atoms with van der Waals surface area (Å²) in [4.78, 5) is 23.8. The van der Waals surface area contributed by atoms with E-state index in [1.54, 1.807) is 24.3 Å². The number of hydroxylamine groups is 1. The quantitative estimate of drug-likeness (QED) is 0.580. The molecule has 9 nitrogen and oxygen atoms in total. The number of benzene rings is 2. The standard InChI is InChI=1S/C17H17N3O6S/c21-16(18-23)12-19-10-11-20(27(19,24)25)17(22)13-6-8-15(9-7-13)26-14-4-2-1-3-5-14/h1-9,23H,10-12H2,(H,18,21). The van der Waals surface area contributed by atoms with Gasteiger partial charge in [0.15, 0.2) is 0 Å². The molecule has 10 heteroatoms. The highest BCUT2D eigenvalue weighted by Gasteiger charge is 2.40. The molecule has 0 spiro atoms. The summed E-state index contributed by atoms with van der Waals surface area (Å²) in [5, 5.41) is 8.54. The first kappa shape index (κ1) is 18.8. The Morgan fingerprint density at radius 1 is 1.00 bits per heavy atom. The van der Waals surface area contributed by atoms with Gasteiger partial charge in [-0.1, -0.05) is 18.2 Å². The summed E-state index contributed by atoms with van der Waals surface area (Å²) in [7, 11) is -4.13. The van der Waals surface area contributed by atoms with Crippen LogP contribution in [-0.2, 0) is 15.0 Å². The van der Waals surface area contributed by atoms with Crippen molar-refractivity contribution in [3.63, 3.8) is 0 Å². The predicted octanol–water partition coefficient (Wildman–Crippen LogP) is 0.987. The van der Waals surface area contributed by atoms with E-state index in [1.807, 2.05) is 18.2 Å². The number of carbonyl (C=O) groups excluding carboxylic acids is 2. The van der Waals surface area contributed by atoms with Crippen LogP contribution in [0.3, 0.4) is 0 Å². The second-order valence-corrected chi connectivity index (χ2v) is 7.55. The van der Waals surface area contributed by atoms with Gasteiger partial charge >= 0.3 is 10.2 Å². The number of hydrogen-bond donors (Lipinski definition) is 2. The molecule has 0 aromatic heterocycles. The maximum absolute atomic E-state index is 12.6. The third-order valence-corrected chi connectivity index (χ3v) is 5.78. The lowest BCUT2D eigenvalue weighted by Gasteiger charge is -2.18. The van der Waals surface area contributed by atoms with Gasteiger partial charge in [0.1, 0.15) is 11.5 Å². The van der Waals surface area contributed by atoms with Gasteiger partial charge in [-0.2, -0.15) is 12.7 Å². The molecule has 3 rings (SSSR count). The topological polar surface area (TPSA) is 116 Å². The minimum absolute atomic E-state index is 0.0311. The average molecular weight is 391 g/mol. The maximum Gasteiger partial charge on any atom is 0.307 e. The van der Waals surface area contributed by atoms with Gasteiger partial charge in [0.2, 0.25) is 0 Å². The fourth-order valence-electron chi connectivity index (χ4n) is 2.57. The van der Waals surface area contributed by atoms with Crippen molar-refractivity contribution in [3.8, 4) is 11.5 Å². The summed E-state index contributed by atoms with van der Waals surface area (Å²) < 4.78 is 32.0. The van der Waals surface area contributed by atoms with Crippen LogP contribution >= 0.6 is 0 Å². The maximum atomic E-state index is 12.6. The Labute approximate surface area is 155 Å². The zero-order valence-corrected chi connectivity index (χ0v) is 14.9. The summed E-state index contributed by atoms with van der Waals surface area (Å²) in [6.07, 6.45) is 0. The van der Waals surface area contributed by atoms with Crippen molar-refractivity contribution in [3.05, 3.63) is 60.2 Å². The number of nitrogens with one attached hydrogen (secondary N) is 1. The molecule has 1 saturated heterocycles. The monoisotopic (exact) mass is 391 g/mol. The Bertz CT molecular complexity index is 931. The number of nitrogens with zero attached hydrogens (tertiary/aromatic N) is 2. The van der Waals surface area contributed by atoms with E-state index >= 15 is 0 Å². The minimum atomic E-state index is -4.13. The van der Waals surface area contributed by atoms with Crippen molar-refractivity contribution in [1.29, 1.82) is 0 Å². The van der Waals surface area contributed by atoms with Crippen LogP contribution in [-0.4, -0.2) is 53.7 Å². The first-order valence-electron chi connectivity index (χ1n) is 8.00. The lowest BCUT2D eigenvalue weighted by atomic mass is 10.2. The summed E-state index contributed by atoms with van der Waals surface area (Å²) in [6.45, 7) is -0.675. The molecule has 1 fully saturated rings. The molecule has 0 saturated carbocycles. The minimum Gasteiger partial charge on any atom is -0.457 e. The molecule has 0 aliphatic carbocycles. The van der Waals surface area contributed by atoms with E-state index in [2.05, 4.69) is 0 Å². The first-order chi connectivity index (χ1) is 12.9. The highest BCUT2D eigenvalue weighted by Crippen LogP contribution is 2.23. The van der Waals surface area contributed by atoms with Gasteiger partial charge in [-0.3, -0.25) is 14.8 Å². The van der Waals surface area contributed by atoms with E-state index in [0.29, 0.717) is 15.8 Å². The third-order valence-electron chi connectivity index (χ3n) is 3.91. The highest BCUT2D eigenvalue weighted by molar-refractivity contribution is 7.87. The molecular formula is C17H17N3O6S. The van der Waals surface area contributed by atoms with E-state index in [0.717, 1.165) is 4.31 Å². The van der Waals surface area contributed by atoms with Gasteiger partial charge < -0.3 is 4.74 Å². The normalized spacial score (nSPS) is 16.1. The molecule has 0 atom stereocenters. The summed E-state index contributed by atoms with van der Waals surface area (Å²) in [5.74, 6) is -0.441. The largest absolute Gasteiger partial charge is 0.457 e. The van der Waals surface area contributed by atoms with Crippen LogP contribution in [0.5, 0.6) is 11.5 Å². The van der Waals surface area contributed by atoms with Crippen LogP contribution in [0.1, 0.15) is 10.4 Å². The van der Waals surface area contributed by atoms with Crippen LogP contribution in [0.4, 0.5) is 0 Å². The van der Waals surface area contributed by atoms with Gasteiger partial charge in [-0.15, -0.1) is 0 Å². The molecule has 2 amide bonds. The lowest BCUT2D eigenvalue weighted by molar-refractivity contribution is -0.129. The molecule has 2 aromatic rings. The molecule has 2 aromatic carbocycles. The number of ether oxygens (including phenoxy) is 1. The lowest BCUT2D eigenvalue weighted by Crippen LogP contribution is -2.41. The highest BCUT2D eigenvalue weighted by atomic mass is 32.2. The van der Waals surface area contributed by atoms with Crippen LogP contribution < -0.4 is 10.2 Å². The van der Waals surface area contributed by atoms with E-state index in [4.69, 9.17) is 9.94 Å². The second kappa shape index (κ2) is 7.74. The van der Waals surface area contributed by atoms with Crippen molar-refractivity contribution in [2.75, 3.05) is 19.6 Å². The summed E-state index contributed by atoms with van der Waals surface area (Å²) in [6, 6.07) is 15.2. The van der Waals surface area contributed by atoms with Crippen LogP contribution in [0, 0.1) is 0 Å². The molecule has 0 bridgehead atoms. The summed E-state index contributed by atoms with van der Waals surface area (Å²) in [5.41, 5.74) is 1.54. The van der Waals surface area contributed by atoms with Gasteiger partial charge in [0.25, 0.3) is 11.8 Å². The van der Waals surface area contributed by atoms with Gasteiger partial charge in [0.05, 0.1) is 13.1 Å². The van der Waals surface area contributed by atoms with E-state index in [-0.39, 0.29) is 18.7 Å². The van der Waals surface area contributed by atoms with Crippen molar-refractivity contribution in [1.82, 2.24) is 14.1 Å². The zero-order chi connectivity index (χ0) is 19.4. The molecule has 1 aliphatic heterocycles. The van der Waals surface area contributed by atoms with E-state index in [1.165, 1.54) is 17.6 Å². The Morgan fingerprint density at radius 2 is 1.63 bits per heavy atom. The van der Waals surface area contributed by atoms with Crippen molar-refractivity contribution in [2.24, 2.45) is 0 Å². The Hall–Kier alpha value is -2.95. The SMILES string of the molecule is O=C(CN1CCN(C(=O)c2ccc(Oc3ccccc3)cc2)S1(=O)=O)NO. The molecule has 1 aliphatic rings. The van der Waals surface area contributed by atoms with Gasteiger partial charge in [-0.05, 0) is 36.4 Å². The number of carbonyl (C=O) groups is 2. The second-order valence-electron chi connectivity index (χ2n) is 5.69.